The summed E-state index contributed by atoms with van der Waals surface area (Å²) in [6, 6.07) is 4.51. The fourth-order valence-corrected chi connectivity index (χ4v) is 1.27. The van der Waals surface area contributed by atoms with Gasteiger partial charge in [-0.05, 0) is 25.1 Å². The molecule has 0 radical (unpaired) electrons. The normalized spacial score (nSPS) is 9.59. The Bertz CT molecular complexity index is 479. The number of carbonyl (C=O) groups is 3. The van der Waals surface area contributed by atoms with Gasteiger partial charge in [0.15, 0.2) is 11.5 Å². The second-order valence-electron chi connectivity index (χ2n) is 3.54. The van der Waals surface area contributed by atoms with Crippen LogP contribution in [0, 0.1) is 0 Å². The Kier molecular flexibility index (Phi) is 3.98. The van der Waals surface area contributed by atoms with Crippen molar-refractivity contribution in [3.8, 4) is 5.75 Å². The summed E-state index contributed by atoms with van der Waals surface area (Å²) >= 11 is 0. The minimum absolute atomic E-state index is 0.146. The summed E-state index contributed by atoms with van der Waals surface area (Å²) in [4.78, 5) is 33.1. The van der Waals surface area contributed by atoms with Crippen molar-refractivity contribution >= 4 is 23.3 Å². The van der Waals surface area contributed by atoms with Crippen LogP contribution in [0.15, 0.2) is 18.2 Å². The molecule has 1 N–H and O–H groups in total. The molecule has 5 heteroatoms. The molecule has 0 aromatic heterocycles. The van der Waals surface area contributed by atoms with Crippen molar-refractivity contribution in [1.29, 1.82) is 0 Å². The molecule has 90 valence electrons. The molecule has 0 saturated carbocycles. The predicted octanol–water partition coefficient (Wildman–Crippen LogP) is 1.77. The van der Waals surface area contributed by atoms with Crippen LogP contribution in [0.3, 0.4) is 0 Å². The lowest BCUT2D eigenvalue weighted by molar-refractivity contribution is -0.131. The van der Waals surface area contributed by atoms with Gasteiger partial charge in [-0.2, -0.15) is 0 Å². The molecular formula is C12H13NO4. The van der Waals surface area contributed by atoms with E-state index in [2.05, 4.69) is 5.32 Å². The number of hydrogen-bond acceptors (Lipinski definition) is 4. The van der Waals surface area contributed by atoms with Crippen molar-refractivity contribution in [2.45, 2.75) is 20.8 Å². The molecule has 1 amide bonds. The van der Waals surface area contributed by atoms with Crippen molar-refractivity contribution in [3.05, 3.63) is 23.8 Å². The number of carbonyl (C=O) groups excluding carboxylic acids is 3. The lowest BCUT2D eigenvalue weighted by Gasteiger charge is -2.10. The topological polar surface area (TPSA) is 72.5 Å². The number of nitrogens with one attached hydrogen (secondary N) is 1. The molecular weight excluding hydrogens is 222 g/mol. The number of benzene rings is 1. The Hall–Kier alpha value is -2.17. The van der Waals surface area contributed by atoms with Gasteiger partial charge < -0.3 is 10.1 Å². The fourth-order valence-electron chi connectivity index (χ4n) is 1.27. The van der Waals surface area contributed by atoms with Gasteiger partial charge in [-0.3, -0.25) is 14.4 Å². The molecule has 0 aliphatic carbocycles. The number of Topliss-reactive ketones (excluding diaryl/α,β-unsaturated/α-hetero) is 1. The Morgan fingerprint density at radius 3 is 2.24 bits per heavy atom. The lowest BCUT2D eigenvalue weighted by Crippen LogP contribution is -2.10. The van der Waals surface area contributed by atoms with Crippen LogP contribution < -0.4 is 10.1 Å². The SMILES string of the molecule is CC(=O)Nc1ccc(C(C)=O)cc1OC(C)=O. The van der Waals surface area contributed by atoms with E-state index < -0.39 is 5.97 Å². The van der Waals surface area contributed by atoms with Crippen molar-refractivity contribution in [3.63, 3.8) is 0 Å². The number of rotatable bonds is 3. The molecule has 0 heterocycles. The van der Waals surface area contributed by atoms with Gasteiger partial charge >= 0.3 is 5.97 Å². The van der Waals surface area contributed by atoms with Crippen LogP contribution in [0.1, 0.15) is 31.1 Å². The number of anilines is 1. The number of ether oxygens (including phenoxy) is 1. The molecule has 0 aliphatic heterocycles. The first kappa shape index (κ1) is 12.9. The highest BCUT2D eigenvalue weighted by atomic mass is 16.5. The van der Waals surface area contributed by atoms with Gasteiger partial charge in [0.2, 0.25) is 5.91 Å². The molecule has 1 aromatic carbocycles. The average molecular weight is 235 g/mol. The van der Waals surface area contributed by atoms with E-state index >= 15 is 0 Å². The van der Waals surface area contributed by atoms with Crippen LogP contribution in [-0.2, 0) is 9.59 Å². The monoisotopic (exact) mass is 235 g/mol. The Morgan fingerprint density at radius 2 is 1.76 bits per heavy atom. The molecule has 0 aliphatic rings. The quantitative estimate of drug-likeness (QED) is 0.492. The zero-order valence-electron chi connectivity index (χ0n) is 9.87. The van der Waals surface area contributed by atoms with E-state index in [9.17, 15) is 14.4 Å². The van der Waals surface area contributed by atoms with E-state index in [1.54, 1.807) is 6.07 Å². The summed E-state index contributed by atoms with van der Waals surface area (Å²) in [5, 5.41) is 2.52. The van der Waals surface area contributed by atoms with Crippen molar-refractivity contribution < 1.29 is 19.1 Å². The van der Waals surface area contributed by atoms with Crippen LogP contribution in [0.2, 0.25) is 0 Å². The molecule has 0 fully saturated rings. The number of amides is 1. The summed E-state index contributed by atoms with van der Waals surface area (Å²) in [6.07, 6.45) is 0. The van der Waals surface area contributed by atoms with Gasteiger partial charge in [-0.15, -0.1) is 0 Å². The molecule has 0 atom stereocenters. The molecule has 1 aromatic rings. The Morgan fingerprint density at radius 1 is 1.12 bits per heavy atom. The van der Waals surface area contributed by atoms with Gasteiger partial charge in [0, 0.05) is 19.4 Å². The highest BCUT2D eigenvalue weighted by Gasteiger charge is 2.10. The van der Waals surface area contributed by atoms with Crippen LogP contribution in [0.5, 0.6) is 5.75 Å². The van der Waals surface area contributed by atoms with Crippen LogP contribution in [-0.4, -0.2) is 17.7 Å². The van der Waals surface area contributed by atoms with Crippen LogP contribution in [0.25, 0.3) is 0 Å². The summed E-state index contributed by atoms with van der Waals surface area (Å²) in [6.45, 7) is 4.00. The van der Waals surface area contributed by atoms with Gasteiger partial charge in [0.05, 0.1) is 5.69 Å². The van der Waals surface area contributed by atoms with Gasteiger partial charge in [-0.25, -0.2) is 0 Å². The first-order chi connectivity index (χ1) is 7.90. The number of hydrogen-bond donors (Lipinski definition) is 1. The highest BCUT2D eigenvalue weighted by Crippen LogP contribution is 2.26. The van der Waals surface area contributed by atoms with Crippen molar-refractivity contribution in [2.75, 3.05) is 5.32 Å². The van der Waals surface area contributed by atoms with Gasteiger partial charge in [0.25, 0.3) is 0 Å². The Labute approximate surface area is 98.8 Å². The zero-order valence-corrected chi connectivity index (χ0v) is 9.87. The second-order valence-corrected chi connectivity index (χ2v) is 3.54. The molecule has 0 bridgehead atoms. The maximum Gasteiger partial charge on any atom is 0.308 e. The van der Waals surface area contributed by atoms with E-state index in [0.29, 0.717) is 11.3 Å². The third-order valence-electron chi connectivity index (χ3n) is 1.95. The zero-order chi connectivity index (χ0) is 13.0. The molecule has 1 rings (SSSR count). The summed E-state index contributed by atoms with van der Waals surface area (Å²) in [5.41, 5.74) is 0.771. The maximum absolute atomic E-state index is 11.2. The molecule has 0 spiro atoms. The summed E-state index contributed by atoms with van der Waals surface area (Å²) < 4.78 is 4.93. The van der Waals surface area contributed by atoms with E-state index in [1.807, 2.05) is 0 Å². The van der Waals surface area contributed by atoms with Gasteiger partial charge in [0.1, 0.15) is 0 Å². The van der Waals surface area contributed by atoms with E-state index in [1.165, 1.54) is 32.9 Å². The van der Waals surface area contributed by atoms with Crippen molar-refractivity contribution in [1.82, 2.24) is 0 Å². The molecule has 5 nitrogen and oxygen atoms in total. The highest BCUT2D eigenvalue weighted by molar-refractivity contribution is 5.97. The maximum atomic E-state index is 11.2. The predicted molar refractivity (Wildman–Crippen MR) is 62.1 cm³/mol. The van der Waals surface area contributed by atoms with Gasteiger partial charge in [-0.1, -0.05) is 0 Å². The summed E-state index contributed by atoms with van der Waals surface area (Å²) in [5.74, 6) is -0.778. The van der Waals surface area contributed by atoms with E-state index in [4.69, 9.17) is 4.74 Å². The minimum Gasteiger partial charge on any atom is -0.424 e. The van der Waals surface area contributed by atoms with E-state index in [0.717, 1.165) is 0 Å². The second kappa shape index (κ2) is 5.25. The summed E-state index contributed by atoms with van der Waals surface area (Å²) in [7, 11) is 0. The standard InChI is InChI=1S/C12H13NO4/c1-7(14)10-4-5-11(13-8(2)15)12(6-10)17-9(3)16/h4-6H,1-3H3,(H,13,15). The van der Waals surface area contributed by atoms with Crippen LogP contribution in [0.4, 0.5) is 5.69 Å². The number of ketones is 1. The molecule has 0 unspecified atom stereocenters. The van der Waals surface area contributed by atoms with Crippen LogP contribution >= 0.6 is 0 Å². The largest absolute Gasteiger partial charge is 0.424 e. The third kappa shape index (κ3) is 3.71. The first-order valence-electron chi connectivity index (χ1n) is 5.01. The molecule has 0 saturated heterocycles. The third-order valence-corrected chi connectivity index (χ3v) is 1.95. The van der Waals surface area contributed by atoms with Crippen molar-refractivity contribution in [2.24, 2.45) is 0 Å². The smallest absolute Gasteiger partial charge is 0.308 e. The Balaban J connectivity index is 3.15. The van der Waals surface area contributed by atoms with E-state index in [-0.39, 0.29) is 17.4 Å². The first-order valence-corrected chi connectivity index (χ1v) is 5.01. The fraction of sp³-hybridized carbons (Fsp3) is 0.250. The minimum atomic E-state index is -0.516. The average Bonchev–Trinajstić information content (AvgIpc) is 2.18. The molecule has 17 heavy (non-hydrogen) atoms. The lowest BCUT2D eigenvalue weighted by atomic mass is 10.1. The number of esters is 1.